The number of hydrogen-bond donors (Lipinski definition) is 3. The van der Waals surface area contributed by atoms with Crippen LogP contribution in [0, 0.1) is 0 Å². The number of amides is 2. The quantitative estimate of drug-likeness (QED) is 0.724. The molecule has 5 heteroatoms. The Bertz CT molecular complexity index is 430. The molecular formula is C14H21N3O2. The normalized spacial score (nSPS) is 15.4. The molecule has 1 aromatic rings. The molecule has 0 spiro atoms. The molecule has 0 saturated heterocycles. The Kier molecular flexibility index (Phi) is 4.63. The van der Waals surface area contributed by atoms with E-state index >= 15 is 0 Å². The lowest BCUT2D eigenvalue weighted by Crippen LogP contribution is -2.45. The Morgan fingerprint density at radius 1 is 1.37 bits per heavy atom. The Balaban J connectivity index is 2.10. The highest BCUT2D eigenvalue weighted by Crippen LogP contribution is 2.23. The number of anilines is 2. The lowest BCUT2D eigenvalue weighted by Gasteiger charge is -2.25. The van der Waals surface area contributed by atoms with E-state index in [2.05, 4.69) is 5.32 Å². The monoisotopic (exact) mass is 263 g/mol. The van der Waals surface area contributed by atoms with Crippen molar-refractivity contribution >= 4 is 17.4 Å². The van der Waals surface area contributed by atoms with Crippen molar-refractivity contribution in [3.63, 3.8) is 0 Å². The summed E-state index contributed by atoms with van der Waals surface area (Å²) in [5.41, 5.74) is 7.08. The van der Waals surface area contributed by atoms with Gasteiger partial charge < -0.3 is 16.2 Å². The number of carbonyl (C=O) groups excluding carboxylic acids is 1. The fourth-order valence-corrected chi connectivity index (χ4v) is 2.49. The van der Waals surface area contributed by atoms with Crippen LogP contribution in [0.2, 0.25) is 0 Å². The van der Waals surface area contributed by atoms with Crippen LogP contribution in [0.25, 0.3) is 0 Å². The van der Waals surface area contributed by atoms with Crippen molar-refractivity contribution in [1.29, 1.82) is 0 Å². The zero-order valence-corrected chi connectivity index (χ0v) is 11.0. The summed E-state index contributed by atoms with van der Waals surface area (Å²) in [6.45, 7) is 0.152. The molecule has 2 rings (SSSR count). The van der Waals surface area contributed by atoms with Crippen molar-refractivity contribution in [3.8, 4) is 0 Å². The minimum atomic E-state index is -0.182. The number of nitrogens with zero attached hydrogens (tertiary/aromatic N) is 1. The van der Waals surface area contributed by atoms with Gasteiger partial charge in [0, 0.05) is 6.04 Å². The summed E-state index contributed by atoms with van der Waals surface area (Å²) in [4.78, 5) is 13.8. The highest BCUT2D eigenvalue weighted by molar-refractivity contribution is 5.95. The van der Waals surface area contributed by atoms with Gasteiger partial charge in [0.1, 0.15) is 0 Å². The van der Waals surface area contributed by atoms with E-state index in [0.717, 1.165) is 12.8 Å². The van der Waals surface area contributed by atoms with Crippen molar-refractivity contribution in [2.75, 3.05) is 23.8 Å². The van der Waals surface area contributed by atoms with Gasteiger partial charge in [-0.15, -0.1) is 0 Å². The minimum Gasteiger partial charge on any atom is -0.397 e. The Morgan fingerprint density at radius 2 is 2.05 bits per heavy atom. The van der Waals surface area contributed by atoms with Gasteiger partial charge in [0.15, 0.2) is 0 Å². The number of benzene rings is 1. The topological polar surface area (TPSA) is 78.6 Å². The molecule has 1 aliphatic carbocycles. The smallest absolute Gasteiger partial charge is 0.322 e. The van der Waals surface area contributed by atoms with Crippen LogP contribution in [0.1, 0.15) is 25.7 Å². The van der Waals surface area contributed by atoms with Gasteiger partial charge in [-0.1, -0.05) is 25.0 Å². The summed E-state index contributed by atoms with van der Waals surface area (Å²) >= 11 is 0. The number of para-hydroxylation sites is 2. The molecule has 0 aliphatic heterocycles. The Hall–Kier alpha value is -1.75. The summed E-state index contributed by atoms with van der Waals surface area (Å²) in [5.74, 6) is 0. The van der Waals surface area contributed by atoms with Crippen molar-refractivity contribution in [2.45, 2.75) is 31.7 Å². The number of carbonyl (C=O) groups is 1. The maximum Gasteiger partial charge on any atom is 0.322 e. The second-order valence-corrected chi connectivity index (χ2v) is 4.86. The van der Waals surface area contributed by atoms with Crippen LogP contribution in [-0.4, -0.2) is 30.3 Å². The van der Waals surface area contributed by atoms with Gasteiger partial charge >= 0.3 is 6.03 Å². The molecule has 0 atom stereocenters. The predicted octanol–water partition coefficient (Wildman–Crippen LogP) is 1.72. The van der Waals surface area contributed by atoms with Crippen molar-refractivity contribution in [3.05, 3.63) is 24.3 Å². The number of hydrogen-bond acceptors (Lipinski definition) is 3. The first-order chi connectivity index (χ1) is 9.22. The van der Waals surface area contributed by atoms with E-state index in [1.54, 1.807) is 12.1 Å². The summed E-state index contributed by atoms with van der Waals surface area (Å²) in [6, 6.07) is 7.27. The number of nitrogens with two attached hydrogens (primary N) is 1. The fourth-order valence-electron chi connectivity index (χ4n) is 2.49. The molecule has 19 heavy (non-hydrogen) atoms. The van der Waals surface area contributed by atoms with E-state index in [-0.39, 0.29) is 25.2 Å². The van der Waals surface area contributed by atoms with Crippen LogP contribution < -0.4 is 16.0 Å². The number of aliphatic hydroxyl groups excluding tert-OH is 1. The van der Waals surface area contributed by atoms with Gasteiger partial charge in [0.2, 0.25) is 0 Å². The van der Waals surface area contributed by atoms with E-state index < -0.39 is 0 Å². The SMILES string of the molecule is Nc1ccccc1N(CCO)C(=O)NC1CCCC1. The zero-order valence-electron chi connectivity index (χ0n) is 11.0. The molecule has 0 aromatic heterocycles. The molecule has 1 aromatic carbocycles. The summed E-state index contributed by atoms with van der Waals surface area (Å²) < 4.78 is 0. The molecule has 1 saturated carbocycles. The second-order valence-electron chi connectivity index (χ2n) is 4.86. The lowest BCUT2D eigenvalue weighted by molar-refractivity contribution is 0.238. The average molecular weight is 263 g/mol. The molecule has 104 valence electrons. The van der Waals surface area contributed by atoms with Crippen molar-refractivity contribution < 1.29 is 9.90 Å². The first-order valence-corrected chi connectivity index (χ1v) is 6.75. The molecular weight excluding hydrogens is 242 g/mol. The number of urea groups is 1. The van der Waals surface area contributed by atoms with Gasteiger partial charge in [-0.3, -0.25) is 4.90 Å². The van der Waals surface area contributed by atoms with Gasteiger partial charge in [0.25, 0.3) is 0 Å². The number of rotatable bonds is 4. The van der Waals surface area contributed by atoms with Crippen molar-refractivity contribution in [2.24, 2.45) is 0 Å². The molecule has 0 unspecified atom stereocenters. The highest BCUT2D eigenvalue weighted by atomic mass is 16.3. The van der Waals surface area contributed by atoms with E-state index in [1.807, 2.05) is 12.1 Å². The minimum absolute atomic E-state index is 0.0909. The molecule has 0 bridgehead atoms. The van der Waals surface area contributed by atoms with Crippen molar-refractivity contribution in [1.82, 2.24) is 5.32 Å². The predicted molar refractivity (Wildman–Crippen MR) is 76.1 cm³/mol. The van der Waals surface area contributed by atoms with E-state index in [0.29, 0.717) is 11.4 Å². The summed E-state index contributed by atoms with van der Waals surface area (Å²) in [5, 5.41) is 12.1. The van der Waals surface area contributed by atoms with E-state index in [4.69, 9.17) is 10.8 Å². The second kappa shape index (κ2) is 6.43. The number of nitrogen functional groups attached to an aromatic ring is 1. The Morgan fingerprint density at radius 3 is 2.68 bits per heavy atom. The van der Waals surface area contributed by atoms with Gasteiger partial charge in [-0.2, -0.15) is 0 Å². The average Bonchev–Trinajstić information content (AvgIpc) is 2.90. The first kappa shape index (κ1) is 13.7. The third kappa shape index (κ3) is 3.38. The van der Waals surface area contributed by atoms with Gasteiger partial charge in [-0.25, -0.2) is 4.79 Å². The molecule has 0 radical (unpaired) electrons. The molecule has 1 fully saturated rings. The summed E-state index contributed by atoms with van der Waals surface area (Å²) in [6.07, 6.45) is 4.39. The molecule has 1 aliphatic rings. The number of nitrogens with one attached hydrogen (secondary N) is 1. The molecule has 2 amide bonds. The largest absolute Gasteiger partial charge is 0.397 e. The van der Waals surface area contributed by atoms with E-state index in [9.17, 15) is 4.79 Å². The third-order valence-corrected chi connectivity index (χ3v) is 3.48. The Labute approximate surface area is 113 Å². The van der Waals surface area contributed by atoms with Crippen LogP contribution in [0.5, 0.6) is 0 Å². The van der Waals surface area contributed by atoms with Crippen LogP contribution in [0.4, 0.5) is 16.2 Å². The maximum absolute atomic E-state index is 12.3. The summed E-state index contributed by atoms with van der Waals surface area (Å²) in [7, 11) is 0. The molecule has 5 nitrogen and oxygen atoms in total. The zero-order chi connectivity index (χ0) is 13.7. The van der Waals surface area contributed by atoms with E-state index in [1.165, 1.54) is 17.7 Å². The number of aliphatic hydroxyl groups is 1. The molecule has 0 heterocycles. The maximum atomic E-state index is 12.3. The van der Waals surface area contributed by atoms with Crippen LogP contribution in [-0.2, 0) is 0 Å². The first-order valence-electron chi connectivity index (χ1n) is 6.75. The highest BCUT2D eigenvalue weighted by Gasteiger charge is 2.22. The van der Waals surface area contributed by atoms with Crippen LogP contribution >= 0.6 is 0 Å². The fraction of sp³-hybridized carbons (Fsp3) is 0.500. The molecule has 4 N–H and O–H groups in total. The van der Waals surface area contributed by atoms with Crippen LogP contribution in [0.15, 0.2) is 24.3 Å². The van der Waals surface area contributed by atoms with Gasteiger partial charge in [0.05, 0.1) is 24.5 Å². The lowest BCUT2D eigenvalue weighted by atomic mass is 10.2. The van der Waals surface area contributed by atoms with Crippen LogP contribution in [0.3, 0.4) is 0 Å². The standard InChI is InChI=1S/C14H21N3O2/c15-12-7-3-4-8-13(12)17(9-10-18)14(19)16-11-5-1-2-6-11/h3-4,7-8,11,18H,1-2,5-6,9-10,15H2,(H,16,19). The third-order valence-electron chi connectivity index (χ3n) is 3.48. The van der Waals surface area contributed by atoms with Gasteiger partial charge in [-0.05, 0) is 25.0 Å².